The van der Waals surface area contributed by atoms with Crippen molar-refractivity contribution < 1.29 is 77.5 Å². The maximum absolute atomic E-state index is 12.3. The van der Waals surface area contributed by atoms with Crippen LogP contribution in [0.25, 0.3) is 0 Å². The zero-order chi connectivity index (χ0) is 22.0. The minimum atomic E-state index is -5.20. The third-order valence-corrected chi connectivity index (χ3v) is 7.05. The second-order valence-electron chi connectivity index (χ2n) is 7.90. The Balaban J connectivity index is -0.00000364. The Bertz CT molecular complexity index is 578. The molecule has 0 bridgehead atoms. The Morgan fingerprint density at radius 2 is 1.23 bits per heavy atom. The van der Waals surface area contributed by atoms with Crippen molar-refractivity contribution in [3.63, 3.8) is 0 Å². The van der Waals surface area contributed by atoms with E-state index in [2.05, 4.69) is 0 Å². The van der Waals surface area contributed by atoms with Gasteiger partial charge in [-0.3, -0.25) is 4.55 Å². The van der Waals surface area contributed by atoms with Gasteiger partial charge in [0, 0.05) is 11.4 Å². The van der Waals surface area contributed by atoms with Gasteiger partial charge in [0.2, 0.25) is 0 Å². The fourth-order valence-electron chi connectivity index (χ4n) is 4.12. The van der Waals surface area contributed by atoms with Gasteiger partial charge < -0.3 is 19.8 Å². The largest absolute Gasteiger partial charge is 1.00 e. The molecule has 3 unspecified atom stereocenters. The molecule has 0 aliphatic carbocycles. The molecule has 0 spiro atoms. The van der Waals surface area contributed by atoms with E-state index in [1.807, 2.05) is 27.7 Å². The number of hydrogen-bond donors (Lipinski definition) is 1. The molecule has 0 aliphatic heterocycles. The molecule has 0 aliphatic rings. The molecule has 0 saturated heterocycles. The average molecular weight is 636 g/mol. The van der Waals surface area contributed by atoms with Gasteiger partial charge in [-0.2, -0.15) is 8.42 Å². The maximum Gasteiger partial charge on any atom is 1.00 e. The predicted octanol–water partition coefficient (Wildman–Crippen LogP) is 1.94. The van der Waals surface area contributed by atoms with Crippen molar-refractivity contribution in [2.24, 2.45) is 17.3 Å². The molecule has 0 heterocycles. The van der Waals surface area contributed by atoms with Gasteiger partial charge in [0.15, 0.2) is 0 Å². The fraction of sp³-hybridized carbons (Fsp3) is 0.900. The maximum atomic E-state index is 12.3. The van der Waals surface area contributed by atoms with E-state index in [1.54, 1.807) is 0 Å². The smallest absolute Gasteiger partial charge is 0.549 e. The molecule has 0 aromatic heterocycles. The summed E-state index contributed by atoms with van der Waals surface area (Å²) < 4.78 is 33.5. The van der Waals surface area contributed by atoms with Crippen LogP contribution in [0.5, 0.6) is 0 Å². The molecule has 0 amide bonds. The number of rotatable bonds is 16. The Morgan fingerprint density at radius 1 is 0.867 bits per heavy atom. The fourth-order valence-corrected chi connectivity index (χ4v) is 5.22. The van der Waals surface area contributed by atoms with Crippen LogP contribution in [0.3, 0.4) is 0 Å². The summed E-state index contributed by atoms with van der Waals surface area (Å²) in [6.07, 6.45) is 5.50. The molecular formula is C20H36Ag2O7S. The number of carboxylic acid groups (broad SMARTS) is 2. The van der Waals surface area contributed by atoms with Crippen LogP contribution >= 0.6 is 0 Å². The minimum Gasteiger partial charge on any atom is -0.549 e. The van der Waals surface area contributed by atoms with E-state index in [4.69, 9.17) is 0 Å². The van der Waals surface area contributed by atoms with Crippen molar-refractivity contribution >= 4 is 22.1 Å². The molecule has 1 N–H and O–H groups in total. The summed E-state index contributed by atoms with van der Waals surface area (Å²) in [4.78, 5) is 24.0. The van der Waals surface area contributed by atoms with Crippen LogP contribution in [0.1, 0.15) is 91.9 Å². The van der Waals surface area contributed by atoms with Crippen LogP contribution in [0.4, 0.5) is 0 Å². The van der Waals surface area contributed by atoms with E-state index in [9.17, 15) is 32.8 Å². The second kappa shape index (κ2) is 16.9. The summed E-state index contributed by atoms with van der Waals surface area (Å²) in [5.41, 5.74) is -2.23. The number of unbranched alkanes of at least 4 members (excludes halogenated alkanes) is 2. The number of carbonyl (C=O) groups excluding carboxylic acids is 2. The average Bonchev–Trinajstić information content (AvgIpc) is 2.59. The van der Waals surface area contributed by atoms with Crippen molar-refractivity contribution in [1.82, 2.24) is 0 Å². The van der Waals surface area contributed by atoms with Gasteiger partial charge in [-0.15, -0.1) is 0 Å². The molecule has 0 rings (SSSR count). The Hall–Kier alpha value is 0.331. The van der Waals surface area contributed by atoms with Crippen LogP contribution in [-0.2, 0) is 64.5 Å². The molecule has 10 heteroatoms. The van der Waals surface area contributed by atoms with Gasteiger partial charge in [-0.1, -0.05) is 79.1 Å². The summed E-state index contributed by atoms with van der Waals surface area (Å²) in [5, 5.41) is 21.5. The molecule has 30 heavy (non-hydrogen) atoms. The van der Waals surface area contributed by atoms with Gasteiger partial charge in [-0.25, -0.2) is 0 Å². The first-order valence-electron chi connectivity index (χ1n) is 10.4. The number of aliphatic carboxylic acids is 2. The quantitative estimate of drug-likeness (QED) is 0.202. The van der Waals surface area contributed by atoms with E-state index in [0.717, 1.165) is 25.7 Å². The summed E-state index contributed by atoms with van der Waals surface area (Å²) in [6, 6.07) is 0. The zero-order valence-corrected chi connectivity index (χ0v) is 22.0. The molecule has 3 atom stereocenters. The Kier molecular flexibility index (Phi) is 19.7. The molecule has 7 nitrogen and oxygen atoms in total. The topological polar surface area (TPSA) is 135 Å². The van der Waals surface area contributed by atoms with Gasteiger partial charge in [-0.05, 0) is 24.7 Å². The van der Waals surface area contributed by atoms with E-state index in [0.29, 0.717) is 25.7 Å². The van der Waals surface area contributed by atoms with Crippen LogP contribution < -0.4 is 10.2 Å². The first-order valence-corrected chi connectivity index (χ1v) is 11.9. The molecular weight excluding hydrogens is 600 g/mol. The molecule has 0 aromatic carbocycles. The number of carbonyl (C=O) groups is 2. The monoisotopic (exact) mass is 634 g/mol. The molecule has 0 radical (unpaired) electrons. The van der Waals surface area contributed by atoms with E-state index < -0.39 is 32.7 Å². The summed E-state index contributed by atoms with van der Waals surface area (Å²) in [6.45, 7) is 7.68. The first kappa shape index (κ1) is 34.9. The third-order valence-electron chi connectivity index (χ3n) is 5.81. The van der Waals surface area contributed by atoms with Crippen molar-refractivity contribution in [2.45, 2.75) is 97.2 Å². The standard InChI is InChI=1S/C20H38O7S.2Ag/c1-5-9-11-15(7-3)13-20(19(23)24,14-16(8-4)12-10-6-2)17(18(21)22)28(25,26)27;;/h15-17H,5-14H2,1-4H3,(H,21,22)(H,23,24)(H,25,26,27);;/q;2*+1/p-2. The van der Waals surface area contributed by atoms with Crippen LogP contribution in [-0.4, -0.2) is 30.2 Å². The Morgan fingerprint density at radius 3 is 1.43 bits per heavy atom. The van der Waals surface area contributed by atoms with Gasteiger partial charge in [0.1, 0.15) is 5.25 Å². The molecule has 0 aromatic rings. The summed E-state index contributed by atoms with van der Waals surface area (Å²) >= 11 is 0. The van der Waals surface area contributed by atoms with E-state index in [1.165, 1.54) is 0 Å². The SMILES string of the molecule is CCCCC(CC)CC(CC(CC)CCCC)(C(=O)[O-])C(C(=O)[O-])S(=O)(=O)O.[Ag+].[Ag+]. The number of hydrogen-bond acceptors (Lipinski definition) is 6. The van der Waals surface area contributed by atoms with Crippen LogP contribution in [0, 0.1) is 17.3 Å². The van der Waals surface area contributed by atoms with E-state index in [-0.39, 0.29) is 69.4 Å². The summed E-state index contributed by atoms with van der Waals surface area (Å²) in [5.74, 6) is -4.22. The normalized spacial score (nSPS) is 16.3. The van der Waals surface area contributed by atoms with Crippen LogP contribution in [0.2, 0.25) is 0 Å². The Labute approximate surface area is 212 Å². The minimum absolute atomic E-state index is 0. The van der Waals surface area contributed by atoms with Crippen molar-refractivity contribution in [2.75, 3.05) is 0 Å². The third kappa shape index (κ3) is 10.8. The first-order chi connectivity index (χ1) is 13.0. The molecule has 0 fully saturated rings. The van der Waals surface area contributed by atoms with Gasteiger partial charge in [0.25, 0.3) is 10.1 Å². The number of carboxylic acids is 2. The molecule has 186 valence electrons. The van der Waals surface area contributed by atoms with Crippen LogP contribution in [0.15, 0.2) is 0 Å². The van der Waals surface area contributed by atoms with Crippen molar-refractivity contribution in [3.8, 4) is 0 Å². The van der Waals surface area contributed by atoms with Crippen molar-refractivity contribution in [1.29, 1.82) is 0 Å². The summed E-state index contributed by atoms with van der Waals surface area (Å²) in [7, 11) is -5.20. The zero-order valence-electron chi connectivity index (χ0n) is 18.2. The predicted molar refractivity (Wildman–Crippen MR) is 104 cm³/mol. The molecule has 0 saturated carbocycles. The van der Waals surface area contributed by atoms with E-state index >= 15 is 0 Å². The van der Waals surface area contributed by atoms with Gasteiger partial charge >= 0.3 is 44.8 Å². The van der Waals surface area contributed by atoms with Crippen molar-refractivity contribution in [3.05, 3.63) is 0 Å². The van der Waals surface area contributed by atoms with Gasteiger partial charge in [0.05, 0.1) is 5.97 Å². The second-order valence-corrected chi connectivity index (χ2v) is 9.40.